The SMILES string of the molecule is CC/C=C/CC(N)CO. The monoisotopic (exact) mass is 129 g/mol. The lowest BCUT2D eigenvalue weighted by Gasteiger charge is -2.01. The molecule has 0 aromatic carbocycles. The van der Waals surface area contributed by atoms with Crippen molar-refractivity contribution in [2.24, 2.45) is 5.73 Å². The summed E-state index contributed by atoms with van der Waals surface area (Å²) in [6.45, 7) is 2.15. The summed E-state index contributed by atoms with van der Waals surface area (Å²) in [5.74, 6) is 0. The van der Waals surface area contributed by atoms with Gasteiger partial charge in [-0.1, -0.05) is 19.1 Å². The Bertz CT molecular complexity index is 81.0. The molecule has 2 heteroatoms. The Labute approximate surface area is 56.4 Å². The minimum atomic E-state index is -0.0761. The van der Waals surface area contributed by atoms with Crippen LogP contribution in [0.4, 0.5) is 0 Å². The van der Waals surface area contributed by atoms with Crippen molar-refractivity contribution in [3.8, 4) is 0 Å². The van der Waals surface area contributed by atoms with E-state index in [4.69, 9.17) is 10.8 Å². The Morgan fingerprint density at radius 2 is 2.22 bits per heavy atom. The molecular formula is C7H15NO. The van der Waals surface area contributed by atoms with Gasteiger partial charge in [0.15, 0.2) is 0 Å². The molecule has 9 heavy (non-hydrogen) atoms. The molecule has 0 aromatic rings. The van der Waals surface area contributed by atoms with Crippen LogP contribution in [0.3, 0.4) is 0 Å². The van der Waals surface area contributed by atoms with Gasteiger partial charge in [0.25, 0.3) is 0 Å². The molecule has 0 spiro atoms. The molecule has 3 N–H and O–H groups in total. The van der Waals surface area contributed by atoms with Crippen LogP contribution in [-0.4, -0.2) is 17.8 Å². The molecule has 0 radical (unpaired) electrons. The Balaban J connectivity index is 3.15. The molecule has 0 aromatic heterocycles. The molecule has 0 saturated heterocycles. The molecule has 0 fully saturated rings. The molecule has 1 atom stereocenters. The number of nitrogens with two attached hydrogens (primary N) is 1. The number of allylic oxidation sites excluding steroid dienone is 1. The van der Waals surface area contributed by atoms with E-state index in [0.29, 0.717) is 0 Å². The van der Waals surface area contributed by atoms with Crippen LogP contribution in [0, 0.1) is 0 Å². The molecule has 0 rings (SSSR count). The third-order valence-corrected chi connectivity index (χ3v) is 1.08. The second-order valence-electron chi connectivity index (χ2n) is 2.06. The van der Waals surface area contributed by atoms with Crippen molar-refractivity contribution in [2.75, 3.05) is 6.61 Å². The van der Waals surface area contributed by atoms with Crippen LogP contribution >= 0.6 is 0 Å². The first-order chi connectivity index (χ1) is 4.31. The summed E-state index contributed by atoms with van der Waals surface area (Å²) in [5.41, 5.74) is 5.41. The van der Waals surface area contributed by atoms with E-state index in [1.165, 1.54) is 0 Å². The molecular weight excluding hydrogens is 114 g/mol. The zero-order valence-corrected chi connectivity index (χ0v) is 5.88. The molecule has 1 unspecified atom stereocenters. The van der Waals surface area contributed by atoms with Gasteiger partial charge in [-0.05, 0) is 12.8 Å². The smallest absolute Gasteiger partial charge is 0.0585 e. The van der Waals surface area contributed by atoms with Crippen molar-refractivity contribution in [1.82, 2.24) is 0 Å². The quantitative estimate of drug-likeness (QED) is 0.548. The second-order valence-corrected chi connectivity index (χ2v) is 2.06. The van der Waals surface area contributed by atoms with Gasteiger partial charge in [0, 0.05) is 6.04 Å². The summed E-state index contributed by atoms with van der Waals surface area (Å²) >= 11 is 0. The lowest BCUT2D eigenvalue weighted by molar-refractivity contribution is 0.266. The van der Waals surface area contributed by atoms with E-state index < -0.39 is 0 Å². The first kappa shape index (κ1) is 8.66. The third kappa shape index (κ3) is 5.53. The van der Waals surface area contributed by atoms with Gasteiger partial charge < -0.3 is 10.8 Å². The van der Waals surface area contributed by atoms with E-state index >= 15 is 0 Å². The predicted octanol–water partition coefficient (Wildman–Crippen LogP) is 0.662. The van der Waals surface area contributed by atoms with Gasteiger partial charge in [0.1, 0.15) is 0 Å². The third-order valence-electron chi connectivity index (χ3n) is 1.08. The molecule has 54 valence electrons. The Kier molecular flexibility index (Phi) is 5.57. The lowest BCUT2D eigenvalue weighted by Crippen LogP contribution is -2.22. The highest BCUT2D eigenvalue weighted by Gasteiger charge is 1.93. The average molecular weight is 129 g/mol. The number of rotatable bonds is 4. The van der Waals surface area contributed by atoms with Crippen molar-refractivity contribution in [3.05, 3.63) is 12.2 Å². The van der Waals surface area contributed by atoms with Crippen LogP contribution in [0.5, 0.6) is 0 Å². The van der Waals surface area contributed by atoms with Gasteiger partial charge >= 0.3 is 0 Å². The molecule has 0 aliphatic heterocycles. The van der Waals surface area contributed by atoms with Gasteiger partial charge in [-0.3, -0.25) is 0 Å². The van der Waals surface area contributed by atoms with Crippen LogP contribution in [0.2, 0.25) is 0 Å². The van der Waals surface area contributed by atoms with E-state index in [-0.39, 0.29) is 12.6 Å². The molecule has 0 aliphatic rings. The predicted molar refractivity (Wildman–Crippen MR) is 39.1 cm³/mol. The van der Waals surface area contributed by atoms with Crippen molar-refractivity contribution in [2.45, 2.75) is 25.8 Å². The van der Waals surface area contributed by atoms with Gasteiger partial charge in [-0.2, -0.15) is 0 Å². The first-order valence-electron chi connectivity index (χ1n) is 3.32. The minimum Gasteiger partial charge on any atom is -0.395 e. The highest BCUT2D eigenvalue weighted by molar-refractivity contribution is 4.83. The summed E-state index contributed by atoms with van der Waals surface area (Å²) in [4.78, 5) is 0. The fourth-order valence-electron chi connectivity index (χ4n) is 0.512. The normalized spacial score (nSPS) is 14.6. The maximum Gasteiger partial charge on any atom is 0.0585 e. The molecule has 0 saturated carbocycles. The maximum atomic E-state index is 8.48. The van der Waals surface area contributed by atoms with E-state index in [1.54, 1.807) is 0 Å². The standard InChI is InChI=1S/C7H15NO/c1-2-3-4-5-7(8)6-9/h3-4,7,9H,2,5-6,8H2,1H3/b4-3+. The van der Waals surface area contributed by atoms with Crippen molar-refractivity contribution >= 4 is 0 Å². The van der Waals surface area contributed by atoms with Crippen LogP contribution in [-0.2, 0) is 0 Å². The van der Waals surface area contributed by atoms with E-state index in [0.717, 1.165) is 12.8 Å². The summed E-state index contributed by atoms with van der Waals surface area (Å²) < 4.78 is 0. The topological polar surface area (TPSA) is 46.2 Å². The molecule has 0 heterocycles. The van der Waals surface area contributed by atoms with E-state index in [1.807, 2.05) is 6.08 Å². The highest BCUT2D eigenvalue weighted by atomic mass is 16.3. The number of hydrogen-bond acceptors (Lipinski definition) is 2. The lowest BCUT2D eigenvalue weighted by atomic mass is 10.2. The van der Waals surface area contributed by atoms with Gasteiger partial charge in [-0.15, -0.1) is 0 Å². The summed E-state index contributed by atoms with van der Waals surface area (Å²) in [6, 6.07) is -0.0761. The minimum absolute atomic E-state index is 0.0761. The summed E-state index contributed by atoms with van der Waals surface area (Å²) in [7, 11) is 0. The fraction of sp³-hybridized carbons (Fsp3) is 0.714. The Hall–Kier alpha value is -0.340. The largest absolute Gasteiger partial charge is 0.395 e. The Morgan fingerprint density at radius 1 is 1.56 bits per heavy atom. The zero-order valence-electron chi connectivity index (χ0n) is 5.88. The average Bonchev–Trinajstić information content (AvgIpc) is 1.89. The number of aliphatic hydroxyl groups excluding tert-OH is 1. The van der Waals surface area contributed by atoms with Gasteiger partial charge in [0.05, 0.1) is 6.61 Å². The molecule has 0 amide bonds. The van der Waals surface area contributed by atoms with Crippen molar-refractivity contribution < 1.29 is 5.11 Å². The molecule has 0 aliphatic carbocycles. The second kappa shape index (κ2) is 5.79. The van der Waals surface area contributed by atoms with Crippen molar-refractivity contribution in [3.63, 3.8) is 0 Å². The van der Waals surface area contributed by atoms with E-state index in [2.05, 4.69) is 13.0 Å². The number of hydrogen-bond donors (Lipinski definition) is 2. The highest BCUT2D eigenvalue weighted by Crippen LogP contribution is 1.89. The Morgan fingerprint density at radius 3 is 2.67 bits per heavy atom. The van der Waals surface area contributed by atoms with Crippen LogP contribution < -0.4 is 5.73 Å². The first-order valence-corrected chi connectivity index (χ1v) is 3.32. The van der Waals surface area contributed by atoms with E-state index in [9.17, 15) is 0 Å². The zero-order chi connectivity index (χ0) is 7.11. The maximum absolute atomic E-state index is 8.48. The fourth-order valence-corrected chi connectivity index (χ4v) is 0.512. The summed E-state index contributed by atoms with van der Waals surface area (Å²) in [5, 5.41) is 8.48. The van der Waals surface area contributed by atoms with Gasteiger partial charge in [-0.25, -0.2) is 0 Å². The molecule has 0 bridgehead atoms. The summed E-state index contributed by atoms with van der Waals surface area (Å²) in [6.07, 6.45) is 5.87. The molecule has 2 nitrogen and oxygen atoms in total. The number of aliphatic hydroxyl groups is 1. The van der Waals surface area contributed by atoms with Crippen LogP contribution in [0.15, 0.2) is 12.2 Å². The van der Waals surface area contributed by atoms with Crippen molar-refractivity contribution in [1.29, 1.82) is 0 Å². The van der Waals surface area contributed by atoms with Crippen LogP contribution in [0.1, 0.15) is 19.8 Å². The van der Waals surface area contributed by atoms with Gasteiger partial charge in [0.2, 0.25) is 0 Å². The van der Waals surface area contributed by atoms with Crippen LogP contribution in [0.25, 0.3) is 0 Å².